The van der Waals surface area contributed by atoms with Crippen LogP contribution >= 0.6 is 0 Å². The first-order chi connectivity index (χ1) is 9.69. The third-order valence-electron chi connectivity index (χ3n) is 5.46. The summed E-state index contributed by atoms with van der Waals surface area (Å²) in [4.78, 5) is 2.62. The van der Waals surface area contributed by atoms with Crippen molar-refractivity contribution >= 4 is 5.69 Å². The summed E-state index contributed by atoms with van der Waals surface area (Å²) in [7, 11) is 2.14. The maximum absolute atomic E-state index is 3.59. The molecule has 110 valence electrons. The third-order valence-corrected chi connectivity index (χ3v) is 5.46. The molecule has 1 aliphatic heterocycles. The summed E-state index contributed by atoms with van der Waals surface area (Å²) in [5, 5.41) is 3.59. The Morgan fingerprint density at radius 1 is 1.20 bits per heavy atom. The van der Waals surface area contributed by atoms with Crippen LogP contribution in [0, 0.1) is 17.8 Å². The Kier molecular flexibility index (Phi) is 4.02. The molecular formula is C18H28N2. The fourth-order valence-corrected chi connectivity index (χ4v) is 4.40. The first kappa shape index (κ1) is 13.9. The maximum atomic E-state index is 3.59. The van der Waals surface area contributed by atoms with Crippen LogP contribution in [0.15, 0.2) is 24.3 Å². The van der Waals surface area contributed by atoms with Gasteiger partial charge in [-0.15, -0.1) is 0 Å². The number of rotatable bonds is 3. The van der Waals surface area contributed by atoms with E-state index in [1.54, 1.807) is 0 Å². The van der Waals surface area contributed by atoms with Crippen molar-refractivity contribution in [3.63, 3.8) is 0 Å². The van der Waals surface area contributed by atoms with E-state index in [2.05, 4.69) is 55.4 Å². The molecule has 0 saturated heterocycles. The van der Waals surface area contributed by atoms with E-state index in [4.69, 9.17) is 0 Å². The average Bonchev–Trinajstić information content (AvgIpc) is 2.85. The highest BCUT2D eigenvalue weighted by atomic mass is 15.2. The van der Waals surface area contributed by atoms with Crippen LogP contribution < -0.4 is 10.2 Å². The van der Waals surface area contributed by atoms with Crippen LogP contribution in [-0.2, 0) is 6.42 Å². The minimum absolute atomic E-state index is 0.682. The zero-order chi connectivity index (χ0) is 14.1. The van der Waals surface area contributed by atoms with Crippen molar-refractivity contribution in [3.8, 4) is 0 Å². The zero-order valence-corrected chi connectivity index (χ0v) is 13.1. The standard InChI is InChI=1S/C18H28N2/c1-13-10-14(2)16(17(11-13)19-3)12-20-9-8-15-6-4-5-7-18(15)20/h4-7,13-14,16-17,19H,8-12H2,1-3H3. The molecule has 1 N–H and O–H groups in total. The van der Waals surface area contributed by atoms with Crippen molar-refractivity contribution < 1.29 is 0 Å². The van der Waals surface area contributed by atoms with Crippen LogP contribution in [0.2, 0.25) is 0 Å². The molecule has 0 bridgehead atoms. The van der Waals surface area contributed by atoms with Crippen LogP contribution in [0.1, 0.15) is 32.3 Å². The van der Waals surface area contributed by atoms with Gasteiger partial charge in [-0.1, -0.05) is 32.0 Å². The molecule has 4 atom stereocenters. The van der Waals surface area contributed by atoms with Gasteiger partial charge >= 0.3 is 0 Å². The van der Waals surface area contributed by atoms with E-state index in [1.165, 1.54) is 43.6 Å². The van der Waals surface area contributed by atoms with Gasteiger partial charge in [-0.25, -0.2) is 0 Å². The summed E-state index contributed by atoms with van der Waals surface area (Å²) in [6.45, 7) is 7.28. The van der Waals surface area contributed by atoms with E-state index in [-0.39, 0.29) is 0 Å². The van der Waals surface area contributed by atoms with E-state index < -0.39 is 0 Å². The van der Waals surface area contributed by atoms with Gasteiger partial charge in [-0.2, -0.15) is 0 Å². The molecule has 0 aromatic heterocycles. The molecule has 0 spiro atoms. The molecule has 1 saturated carbocycles. The first-order valence-electron chi connectivity index (χ1n) is 8.19. The van der Waals surface area contributed by atoms with Gasteiger partial charge in [-0.05, 0) is 55.7 Å². The second-order valence-electron chi connectivity index (χ2n) is 6.94. The number of nitrogens with one attached hydrogen (secondary N) is 1. The van der Waals surface area contributed by atoms with E-state index >= 15 is 0 Å². The summed E-state index contributed by atoms with van der Waals surface area (Å²) in [5.41, 5.74) is 3.01. The molecule has 1 aliphatic carbocycles. The van der Waals surface area contributed by atoms with Crippen molar-refractivity contribution in [1.82, 2.24) is 5.32 Å². The summed E-state index contributed by atoms with van der Waals surface area (Å²) in [6, 6.07) is 9.62. The number of para-hydroxylation sites is 1. The van der Waals surface area contributed by atoms with E-state index in [9.17, 15) is 0 Å². The lowest BCUT2D eigenvalue weighted by Crippen LogP contribution is -2.47. The molecule has 20 heavy (non-hydrogen) atoms. The van der Waals surface area contributed by atoms with Gasteiger partial charge in [0.2, 0.25) is 0 Å². The smallest absolute Gasteiger partial charge is 0.0399 e. The fraction of sp³-hybridized carbons (Fsp3) is 0.667. The van der Waals surface area contributed by atoms with Crippen molar-refractivity contribution in [3.05, 3.63) is 29.8 Å². The topological polar surface area (TPSA) is 15.3 Å². The van der Waals surface area contributed by atoms with Crippen LogP contribution in [0.4, 0.5) is 5.69 Å². The third kappa shape index (κ3) is 2.58. The second kappa shape index (κ2) is 5.77. The van der Waals surface area contributed by atoms with Gasteiger partial charge < -0.3 is 10.2 Å². The second-order valence-corrected chi connectivity index (χ2v) is 6.94. The summed E-state index contributed by atoms with van der Waals surface area (Å²) in [6.07, 6.45) is 3.94. The molecule has 1 aromatic carbocycles. The highest BCUT2D eigenvalue weighted by molar-refractivity contribution is 5.57. The van der Waals surface area contributed by atoms with Gasteiger partial charge in [0.05, 0.1) is 0 Å². The predicted octanol–water partition coefficient (Wildman–Crippen LogP) is 3.32. The minimum atomic E-state index is 0.682. The average molecular weight is 272 g/mol. The first-order valence-corrected chi connectivity index (χ1v) is 8.19. The lowest BCUT2D eigenvalue weighted by molar-refractivity contribution is 0.158. The highest BCUT2D eigenvalue weighted by Crippen LogP contribution is 2.36. The molecule has 0 amide bonds. The van der Waals surface area contributed by atoms with Crippen LogP contribution in [0.5, 0.6) is 0 Å². The number of nitrogens with zero attached hydrogens (tertiary/aromatic N) is 1. The SMILES string of the molecule is CNC1CC(C)CC(C)C1CN1CCc2ccccc21. The Bertz CT molecular complexity index is 456. The van der Waals surface area contributed by atoms with Crippen molar-refractivity contribution in [2.24, 2.45) is 17.8 Å². The van der Waals surface area contributed by atoms with E-state index in [1.807, 2.05) is 0 Å². The molecule has 0 radical (unpaired) electrons. The maximum Gasteiger partial charge on any atom is 0.0399 e. The normalized spacial score (nSPS) is 33.2. The number of anilines is 1. The molecule has 1 heterocycles. The van der Waals surface area contributed by atoms with E-state index in [0.717, 1.165) is 17.8 Å². The molecule has 2 aliphatic rings. The van der Waals surface area contributed by atoms with Crippen LogP contribution in [0.25, 0.3) is 0 Å². The van der Waals surface area contributed by atoms with Gasteiger partial charge in [0.15, 0.2) is 0 Å². The van der Waals surface area contributed by atoms with Crippen molar-refractivity contribution in [2.45, 2.75) is 39.2 Å². The molecule has 4 unspecified atom stereocenters. The fourth-order valence-electron chi connectivity index (χ4n) is 4.40. The monoisotopic (exact) mass is 272 g/mol. The summed E-state index contributed by atoms with van der Waals surface area (Å²) in [5.74, 6) is 2.47. The minimum Gasteiger partial charge on any atom is -0.371 e. The molecule has 2 nitrogen and oxygen atoms in total. The number of hydrogen-bond donors (Lipinski definition) is 1. The van der Waals surface area contributed by atoms with Gasteiger partial charge in [0.1, 0.15) is 0 Å². The molecular weight excluding hydrogens is 244 g/mol. The van der Waals surface area contributed by atoms with Gasteiger partial charge in [0, 0.05) is 24.8 Å². The molecule has 1 fully saturated rings. The molecule has 3 rings (SSSR count). The number of benzene rings is 1. The lowest BCUT2D eigenvalue weighted by Gasteiger charge is -2.41. The Hall–Kier alpha value is -1.02. The van der Waals surface area contributed by atoms with Crippen molar-refractivity contribution in [1.29, 1.82) is 0 Å². The molecule has 2 heteroatoms. The Balaban J connectivity index is 1.74. The highest BCUT2D eigenvalue weighted by Gasteiger charge is 2.35. The van der Waals surface area contributed by atoms with Crippen LogP contribution in [-0.4, -0.2) is 26.2 Å². The predicted molar refractivity (Wildman–Crippen MR) is 86.3 cm³/mol. The summed E-state index contributed by atoms with van der Waals surface area (Å²) >= 11 is 0. The van der Waals surface area contributed by atoms with Gasteiger partial charge in [0.25, 0.3) is 0 Å². The van der Waals surface area contributed by atoms with Crippen molar-refractivity contribution in [2.75, 3.05) is 25.0 Å². The summed E-state index contributed by atoms with van der Waals surface area (Å²) < 4.78 is 0. The molecule has 1 aromatic rings. The van der Waals surface area contributed by atoms with E-state index in [0.29, 0.717) is 6.04 Å². The largest absolute Gasteiger partial charge is 0.371 e. The lowest BCUT2D eigenvalue weighted by atomic mass is 9.72. The Labute approximate surface area is 123 Å². The number of hydrogen-bond acceptors (Lipinski definition) is 2. The zero-order valence-electron chi connectivity index (χ0n) is 13.1. The Morgan fingerprint density at radius 3 is 2.80 bits per heavy atom. The quantitative estimate of drug-likeness (QED) is 0.908. The number of fused-ring (bicyclic) bond motifs is 1. The Morgan fingerprint density at radius 2 is 2.00 bits per heavy atom. The van der Waals surface area contributed by atoms with Crippen LogP contribution in [0.3, 0.4) is 0 Å². The van der Waals surface area contributed by atoms with Gasteiger partial charge in [-0.3, -0.25) is 0 Å².